The number of carbonyl (C=O) groups is 2. The Bertz CT molecular complexity index is 351. The smallest absolute Gasteiger partial charge is 0.308 e. The predicted molar refractivity (Wildman–Crippen MR) is 76.4 cm³/mol. The zero-order valence-electron chi connectivity index (χ0n) is 12.4. The molecule has 0 aromatic heterocycles. The zero-order valence-corrected chi connectivity index (χ0v) is 12.4. The van der Waals surface area contributed by atoms with Crippen molar-refractivity contribution < 1.29 is 14.7 Å². The molecule has 1 unspecified atom stereocenters. The van der Waals surface area contributed by atoms with Crippen LogP contribution in [0.5, 0.6) is 0 Å². The molecule has 0 bridgehead atoms. The molecule has 0 aromatic carbocycles. The Hall–Kier alpha value is -1.10. The average molecular weight is 282 g/mol. The van der Waals surface area contributed by atoms with Crippen molar-refractivity contribution in [3.63, 3.8) is 0 Å². The van der Waals surface area contributed by atoms with Gasteiger partial charge in [0.25, 0.3) is 0 Å². The molecule has 1 amide bonds. The Morgan fingerprint density at radius 3 is 2.50 bits per heavy atom. The third-order valence-corrected chi connectivity index (χ3v) is 4.73. The summed E-state index contributed by atoms with van der Waals surface area (Å²) in [6.45, 7) is 3.39. The first-order valence-electron chi connectivity index (χ1n) is 7.75. The van der Waals surface area contributed by atoms with Gasteiger partial charge in [0.2, 0.25) is 5.91 Å². The van der Waals surface area contributed by atoms with E-state index in [1.807, 2.05) is 0 Å². The number of carbonyl (C=O) groups excluding carboxylic acids is 1. The number of piperidine rings is 2. The molecular formula is C15H26N2O3. The van der Waals surface area contributed by atoms with Gasteiger partial charge in [0.05, 0.1) is 5.92 Å². The van der Waals surface area contributed by atoms with Crippen LogP contribution in [0.25, 0.3) is 0 Å². The molecule has 1 N–H and O–H groups in total. The second kappa shape index (κ2) is 7.07. The minimum Gasteiger partial charge on any atom is -0.481 e. The summed E-state index contributed by atoms with van der Waals surface area (Å²) in [7, 11) is 2.14. The number of hydrogen-bond acceptors (Lipinski definition) is 3. The molecule has 20 heavy (non-hydrogen) atoms. The number of nitrogens with zero attached hydrogens (tertiary/aromatic N) is 2. The second-order valence-electron chi connectivity index (χ2n) is 6.30. The van der Waals surface area contributed by atoms with Crippen molar-refractivity contribution >= 4 is 11.9 Å². The predicted octanol–water partition coefficient (Wildman–Crippen LogP) is 1.43. The van der Waals surface area contributed by atoms with Gasteiger partial charge in [-0.2, -0.15) is 0 Å². The Morgan fingerprint density at radius 2 is 1.85 bits per heavy atom. The summed E-state index contributed by atoms with van der Waals surface area (Å²) >= 11 is 0. The lowest BCUT2D eigenvalue weighted by Crippen LogP contribution is -2.42. The summed E-state index contributed by atoms with van der Waals surface area (Å²) in [5.41, 5.74) is 0. The second-order valence-corrected chi connectivity index (χ2v) is 6.30. The van der Waals surface area contributed by atoms with E-state index in [4.69, 9.17) is 5.11 Å². The van der Waals surface area contributed by atoms with Crippen molar-refractivity contribution in [2.24, 2.45) is 11.8 Å². The van der Waals surface area contributed by atoms with Crippen LogP contribution in [-0.4, -0.2) is 60.0 Å². The fourth-order valence-electron chi connectivity index (χ4n) is 3.24. The molecule has 0 spiro atoms. The lowest BCUT2D eigenvalue weighted by Gasteiger charge is -2.32. The van der Waals surface area contributed by atoms with Crippen LogP contribution < -0.4 is 0 Å². The van der Waals surface area contributed by atoms with Crippen molar-refractivity contribution in [1.82, 2.24) is 9.80 Å². The Labute approximate surface area is 120 Å². The lowest BCUT2D eigenvalue weighted by atomic mass is 9.91. The van der Waals surface area contributed by atoms with E-state index in [1.165, 1.54) is 12.8 Å². The van der Waals surface area contributed by atoms with E-state index in [1.54, 1.807) is 4.90 Å². The first kappa shape index (κ1) is 15.3. The van der Waals surface area contributed by atoms with Gasteiger partial charge < -0.3 is 14.9 Å². The summed E-state index contributed by atoms with van der Waals surface area (Å²) < 4.78 is 0. The van der Waals surface area contributed by atoms with Crippen molar-refractivity contribution in [3.8, 4) is 0 Å². The van der Waals surface area contributed by atoms with Crippen LogP contribution >= 0.6 is 0 Å². The standard InChI is InChI=1S/C15H26N2O3/c1-16-9-6-12(7-10-16)4-5-14(18)17-8-2-3-13(11-17)15(19)20/h12-13H,2-11H2,1H3,(H,19,20). The van der Waals surface area contributed by atoms with Gasteiger partial charge in [-0.25, -0.2) is 0 Å². The first-order valence-corrected chi connectivity index (χ1v) is 7.75. The molecule has 2 aliphatic rings. The van der Waals surface area contributed by atoms with Crippen LogP contribution in [0.2, 0.25) is 0 Å². The fraction of sp³-hybridized carbons (Fsp3) is 0.867. The van der Waals surface area contributed by atoms with Gasteiger partial charge in [-0.05, 0) is 58.2 Å². The molecule has 2 heterocycles. The van der Waals surface area contributed by atoms with Crippen LogP contribution in [0.15, 0.2) is 0 Å². The number of carboxylic acid groups (broad SMARTS) is 1. The Kier molecular flexibility index (Phi) is 5.40. The number of rotatable bonds is 4. The molecule has 0 radical (unpaired) electrons. The average Bonchev–Trinajstić information content (AvgIpc) is 2.46. The lowest BCUT2D eigenvalue weighted by molar-refractivity contribution is -0.145. The maximum atomic E-state index is 12.2. The van der Waals surface area contributed by atoms with Crippen LogP contribution in [0, 0.1) is 11.8 Å². The van der Waals surface area contributed by atoms with E-state index in [-0.39, 0.29) is 11.8 Å². The summed E-state index contributed by atoms with van der Waals surface area (Å²) in [6.07, 6.45) is 5.43. The number of likely N-dealkylation sites (tertiary alicyclic amines) is 2. The highest BCUT2D eigenvalue weighted by Crippen LogP contribution is 2.23. The van der Waals surface area contributed by atoms with Crippen molar-refractivity contribution in [2.45, 2.75) is 38.5 Å². The van der Waals surface area contributed by atoms with Gasteiger partial charge >= 0.3 is 5.97 Å². The van der Waals surface area contributed by atoms with E-state index < -0.39 is 5.97 Å². The Balaban J connectivity index is 1.73. The fourth-order valence-corrected chi connectivity index (χ4v) is 3.24. The molecule has 2 fully saturated rings. The summed E-state index contributed by atoms with van der Waals surface area (Å²) in [6, 6.07) is 0. The monoisotopic (exact) mass is 282 g/mol. The number of amides is 1. The summed E-state index contributed by atoms with van der Waals surface area (Å²) in [4.78, 5) is 27.3. The molecule has 0 aromatic rings. The van der Waals surface area contributed by atoms with Gasteiger partial charge in [0.15, 0.2) is 0 Å². The first-order chi connectivity index (χ1) is 9.56. The maximum Gasteiger partial charge on any atom is 0.308 e. The van der Waals surface area contributed by atoms with Gasteiger partial charge in [-0.3, -0.25) is 9.59 Å². The van der Waals surface area contributed by atoms with Gasteiger partial charge in [-0.1, -0.05) is 0 Å². The maximum absolute atomic E-state index is 12.2. The highest BCUT2D eigenvalue weighted by molar-refractivity contribution is 5.78. The van der Waals surface area contributed by atoms with E-state index >= 15 is 0 Å². The minimum atomic E-state index is -0.766. The molecule has 2 saturated heterocycles. The van der Waals surface area contributed by atoms with Crippen molar-refractivity contribution in [2.75, 3.05) is 33.2 Å². The summed E-state index contributed by atoms with van der Waals surface area (Å²) in [5, 5.41) is 9.05. The van der Waals surface area contributed by atoms with Gasteiger partial charge in [0, 0.05) is 19.5 Å². The summed E-state index contributed by atoms with van der Waals surface area (Å²) in [5.74, 6) is -0.320. The van der Waals surface area contributed by atoms with E-state index in [0.717, 1.165) is 32.5 Å². The molecule has 2 rings (SSSR count). The molecule has 5 heteroatoms. The highest BCUT2D eigenvalue weighted by atomic mass is 16.4. The Morgan fingerprint density at radius 1 is 1.15 bits per heavy atom. The SMILES string of the molecule is CN1CCC(CCC(=O)N2CCCC(C(=O)O)C2)CC1. The third-order valence-electron chi connectivity index (χ3n) is 4.73. The number of carboxylic acids is 1. The van der Waals surface area contributed by atoms with Gasteiger partial charge in [0.1, 0.15) is 0 Å². The molecule has 0 aliphatic carbocycles. The van der Waals surface area contributed by atoms with Crippen LogP contribution in [0.4, 0.5) is 0 Å². The van der Waals surface area contributed by atoms with E-state index in [0.29, 0.717) is 25.3 Å². The zero-order chi connectivity index (χ0) is 14.5. The molecule has 5 nitrogen and oxygen atoms in total. The quantitative estimate of drug-likeness (QED) is 0.847. The van der Waals surface area contributed by atoms with Crippen LogP contribution in [0.3, 0.4) is 0 Å². The van der Waals surface area contributed by atoms with Crippen LogP contribution in [-0.2, 0) is 9.59 Å². The number of hydrogen-bond donors (Lipinski definition) is 1. The van der Waals surface area contributed by atoms with Crippen molar-refractivity contribution in [1.29, 1.82) is 0 Å². The minimum absolute atomic E-state index is 0.148. The number of aliphatic carboxylic acids is 1. The molecular weight excluding hydrogens is 256 g/mol. The van der Waals surface area contributed by atoms with E-state index in [2.05, 4.69) is 11.9 Å². The highest BCUT2D eigenvalue weighted by Gasteiger charge is 2.28. The third kappa shape index (κ3) is 4.20. The topological polar surface area (TPSA) is 60.9 Å². The largest absolute Gasteiger partial charge is 0.481 e. The van der Waals surface area contributed by atoms with Crippen LogP contribution in [0.1, 0.15) is 38.5 Å². The normalized spacial score (nSPS) is 25.6. The van der Waals surface area contributed by atoms with E-state index in [9.17, 15) is 9.59 Å². The molecule has 114 valence electrons. The molecule has 0 saturated carbocycles. The molecule has 1 atom stereocenters. The van der Waals surface area contributed by atoms with Gasteiger partial charge in [-0.15, -0.1) is 0 Å². The van der Waals surface area contributed by atoms with Crippen molar-refractivity contribution in [3.05, 3.63) is 0 Å². The molecule has 2 aliphatic heterocycles.